The van der Waals surface area contributed by atoms with Crippen LogP contribution in [0, 0.1) is 11.8 Å². The van der Waals surface area contributed by atoms with E-state index in [1.807, 2.05) is 12.1 Å². The number of imidazole rings is 1. The number of nitrogens with zero attached hydrogens (tertiary/aromatic N) is 2. The second-order valence-corrected chi connectivity index (χ2v) is 10.2. The van der Waals surface area contributed by atoms with Crippen LogP contribution in [-0.4, -0.2) is 34.8 Å². The highest BCUT2D eigenvalue weighted by atomic mass is 32.2. The third-order valence-electron chi connectivity index (χ3n) is 5.40. The molecule has 0 atom stereocenters. The number of rotatable bonds is 11. The summed E-state index contributed by atoms with van der Waals surface area (Å²) in [5, 5.41) is 3.46. The van der Waals surface area contributed by atoms with Gasteiger partial charge < -0.3 is 10.3 Å². The molecule has 0 fully saturated rings. The molecule has 0 saturated carbocycles. The first-order valence-electron chi connectivity index (χ1n) is 10.6. The molecule has 2 rings (SSSR count). The first kappa shape index (κ1) is 23.4. The Kier molecular flexibility index (Phi) is 8.28. The lowest BCUT2D eigenvalue weighted by Crippen LogP contribution is -2.45. The fourth-order valence-electron chi connectivity index (χ4n) is 3.91. The zero-order valence-corrected chi connectivity index (χ0v) is 19.3. The van der Waals surface area contributed by atoms with Gasteiger partial charge in [0.25, 0.3) is 0 Å². The Hall–Kier alpha value is -1.86. The molecular weight excluding hydrogens is 384 g/mol. The Morgan fingerprint density at radius 1 is 1.03 bits per heavy atom. The quantitative estimate of drug-likeness (QED) is 0.543. The molecule has 1 heterocycles. The molecule has 0 spiro atoms. The Morgan fingerprint density at radius 3 is 2.07 bits per heavy atom. The lowest BCUT2D eigenvalue weighted by Gasteiger charge is -2.36. The van der Waals surface area contributed by atoms with Gasteiger partial charge in [0, 0.05) is 29.7 Å². The Labute approximate surface area is 176 Å². The number of nitrogens with one attached hydrogen (secondary N) is 2. The molecule has 0 saturated heterocycles. The minimum absolute atomic E-state index is 0.120. The molecule has 0 bridgehead atoms. The predicted molar refractivity (Wildman–Crippen MR) is 119 cm³/mol. The molecular formula is C22H36N4O2S. The molecule has 2 aromatic rings. The van der Waals surface area contributed by atoms with Crippen molar-refractivity contribution < 1.29 is 8.42 Å². The highest BCUT2D eigenvalue weighted by Gasteiger charge is 2.35. The first-order chi connectivity index (χ1) is 13.7. The van der Waals surface area contributed by atoms with E-state index in [2.05, 4.69) is 56.8 Å². The van der Waals surface area contributed by atoms with E-state index in [9.17, 15) is 8.42 Å². The van der Waals surface area contributed by atoms with Crippen molar-refractivity contribution in [3.05, 3.63) is 42.5 Å². The predicted octanol–water partition coefficient (Wildman–Crippen LogP) is 4.88. The van der Waals surface area contributed by atoms with E-state index >= 15 is 0 Å². The minimum Gasteiger partial charge on any atom is -0.382 e. The highest BCUT2D eigenvalue weighted by molar-refractivity contribution is 7.89. The molecule has 1 aromatic heterocycles. The van der Waals surface area contributed by atoms with Crippen molar-refractivity contribution in [2.24, 2.45) is 11.8 Å². The molecule has 29 heavy (non-hydrogen) atoms. The van der Waals surface area contributed by atoms with E-state index in [0.29, 0.717) is 10.9 Å². The summed E-state index contributed by atoms with van der Waals surface area (Å²) in [6.07, 6.45) is 5.32. The zero-order valence-electron chi connectivity index (χ0n) is 18.5. The average Bonchev–Trinajstić information content (AvgIpc) is 3.18. The standard InChI is InChI=1S/C22H36N4O2S/c1-7-18(8-2)25-19-9-11-21(12-10-19)29(27,28)26(14-20-13-23-15-24-20)22(16(3)4)17(5)6/h9-13,15-18,22,25H,7-8,14H2,1-6H3,(H,23,24). The molecule has 0 aliphatic heterocycles. The summed E-state index contributed by atoms with van der Waals surface area (Å²) in [5.41, 5.74) is 1.73. The normalized spacial score (nSPS) is 12.7. The zero-order chi connectivity index (χ0) is 21.6. The maximum absolute atomic E-state index is 13.6. The van der Waals surface area contributed by atoms with Crippen molar-refractivity contribution in [3.8, 4) is 0 Å². The maximum atomic E-state index is 13.6. The van der Waals surface area contributed by atoms with Gasteiger partial charge in [0.05, 0.1) is 17.8 Å². The van der Waals surface area contributed by atoms with Gasteiger partial charge in [-0.3, -0.25) is 0 Å². The summed E-state index contributed by atoms with van der Waals surface area (Å²) in [4.78, 5) is 7.41. The van der Waals surface area contributed by atoms with Crippen LogP contribution >= 0.6 is 0 Å². The number of anilines is 1. The third-order valence-corrected chi connectivity index (χ3v) is 7.25. The van der Waals surface area contributed by atoms with Crippen molar-refractivity contribution in [2.45, 2.75) is 77.9 Å². The van der Waals surface area contributed by atoms with Gasteiger partial charge in [-0.1, -0.05) is 41.5 Å². The van der Waals surface area contributed by atoms with Crippen LogP contribution in [0.4, 0.5) is 5.69 Å². The molecule has 7 heteroatoms. The van der Waals surface area contributed by atoms with Gasteiger partial charge in [-0.25, -0.2) is 13.4 Å². The minimum atomic E-state index is -3.66. The second kappa shape index (κ2) is 10.3. The highest BCUT2D eigenvalue weighted by Crippen LogP contribution is 2.29. The molecule has 0 aliphatic carbocycles. The number of aromatic nitrogens is 2. The van der Waals surface area contributed by atoms with Crippen molar-refractivity contribution in [1.82, 2.24) is 14.3 Å². The van der Waals surface area contributed by atoms with Crippen LogP contribution in [0.1, 0.15) is 60.1 Å². The largest absolute Gasteiger partial charge is 0.382 e. The van der Waals surface area contributed by atoms with E-state index in [1.165, 1.54) is 0 Å². The molecule has 162 valence electrons. The summed E-state index contributed by atoms with van der Waals surface area (Å²) in [5.74, 6) is 0.368. The third kappa shape index (κ3) is 5.82. The van der Waals surface area contributed by atoms with Crippen LogP contribution in [0.2, 0.25) is 0 Å². The van der Waals surface area contributed by atoms with Gasteiger partial charge in [0.15, 0.2) is 0 Å². The van der Waals surface area contributed by atoms with Gasteiger partial charge in [-0.15, -0.1) is 0 Å². The van der Waals surface area contributed by atoms with Crippen LogP contribution in [0.15, 0.2) is 41.7 Å². The molecule has 0 aliphatic rings. The van der Waals surface area contributed by atoms with Crippen molar-refractivity contribution in [2.75, 3.05) is 5.32 Å². The number of hydrogen-bond donors (Lipinski definition) is 2. The fraction of sp³-hybridized carbons (Fsp3) is 0.591. The second-order valence-electron chi connectivity index (χ2n) is 8.29. The Balaban J connectivity index is 2.37. The number of H-pyrrole nitrogens is 1. The SMILES string of the molecule is CCC(CC)Nc1ccc(S(=O)(=O)N(Cc2cnc[nH]2)C(C(C)C)C(C)C)cc1. The van der Waals surface area contributed by atoms with Crippen molar-refractivity contribution in [3.63, 3.8) is 0 Å². The van der Waals surface area contributed by atoms with Gasteiger partial charge in [0.2, 0.25) is 10.0 Å². The van der Waals surface area contributed by atoms with Gasteiger partial charge >= 0.3 is 0 Å². The summed E-state index contributed by atoms with van der Waals surface area (Å²) < 4.78 is 28.9. The van der Waals surface area contributed by atoms with Crippen molar-refractivity contribution in [1.29, 1.82) is 0 Å². The van der Waals surface area contributed by atoms with Crippen molar-refractivity contribution >= 4 is 15.7 Å². The Morgan fingerprint density at radius 2 is 1.62 bits per heavy atom. The molecule has 0 amide bonds. The van der Waals surface area contributed by atoms with E-state index < -0.39 is 10.0 Å². The van der Waals surface area contributed by atoms with Crippen LogP contribution in [0.5, 0.6) is 0 Å². The molecule has 6 nitrogen and oxygen atoms in total. The summed E-state index contributed by atoms with van der Waals surface area (Å²) >= 11 is 0. The van der Waals surface area contributed by atoms with Gasteiger partial charge in [-0.05, 0) is 48.9 Å². The number of aromatic amines is 1. The summed E-state index contributed by atoms with van der Waals surface area (Å²) in [6, 6.07) is 7.40. The first-order valence-corrected chi connectivity index (χ1v) is 12.0. The maximum Gasteiger partial charge on any atom is 0.243 e. The number of benzene rings is 1. The van der Waals surface area contributed by atoms with E-state index in [4.69, 9.17) is 0 Å². The summed E-state index contributed by atoms with van der Waals surface area (Å²) in [7, 11) is -3.66. The van der Waals surface area contributed by atoms with Crippen LogP contribution in [0.3, 0.4) is 0 Å². The van der Waals surface area contributed by atoms with Crippen LogP contribution in [-0.2, 0) is 16.6 Å². The monoisotopic (exact) mass is 420 g/mol. The fourth-order valence-corrected chi connectivity index (χ4v) is 5.78. The smallest absolute Gasteiger partial charge is 0.243 e. The molecule has 0 radical (unpaired) electrons. The lowest BCUT2D eigenvalue weighted by molar-refractivity contribution is 0.195. The van der Waals surface area contributed by atoms with E-state index in [-0.39, 0.29) is 24.4 Å². The van der Waals surface area contributed by atoms with Crippen LogP contribution < -0.4 is 5.32 Å². The molecule has 2 N–H and O–H groups in total. The molecule has 1 aromatic carbocycles. The number of sulfonamides is 1. The lowest BCUT2D eigenvalue weighted by atomic mass is 9.93. The van der Waals surface area contributed by atoms with E-state index in [0.717, 1.165) is 24.2 Å². The summed E-state index contributed by atoms with van der Waals surface area (Å²) in [6.45, 7) is 12.9. The average molecular weight is 421 g/mol. The number of hydrogen-bond acceptors (Lipinski definition) is 4. The molecule has 0 unspecified atom stereocenters. The van der Waals surface area contributed by atoms with Gasteiger partial charge in [0.1, 0.15) is 0 Å². The van der Waals surface area contributed by atoms with Gasteiger partial charge in [-0.2, -0.15) is 4.31 Å². The Bertz CT molecular complexity index is 818. The topological polar surface area (TPSA) is 78.1 Å². The van der Waals surface area contributed by atoms with E-state index in [1.54, 1.807) is 29.0 Å². The van der Waals surface area contributed by atoms with Crippen LogP contribution in [0.25, 0.3) is 0 Å².